The molecule has 0 saturated heterocycles. The molecule has 3 aromatic rings. The van der Waals surface area contributed by atoms with Crippen molar-refractivity contribution < 1.29 is 4.74 Å². The standard InChI is InChI=1S/C22H26N4OS/c1-5-27-20-13-9-8-12-19(20)23-22(28)24-21-16(3)25-26(17(21)4)14-18-11-7-6-10-15(18)2/h6-13H,5,14H2,1-4H3,(H2,23,24,28). The highest BCUT2D eigenvalue weighted by Crippen LogP contribution is 2.25. The highest BCUT2D eigenvalue weighted by molar-refractivity contribution is 7.80. The molecule has 5 nitrogen and oxygen atoms in total. The summed E-state index contributed by atoms with van der Waals surface area (Å²) in [7, 11) is 0. The maximum Gasteiger partial charge on any atom is 0.175 e. The van der Waals surface area contributed by atoms with E-state index >= 15 is 0 Å². The molecule has 1 heterocycles. The van der Waals surface area contributed by atoms with Crippen LogP contribution < -0.4 is 15.4 Å². The van der Waals surface area contributed by atoms with E-state index in [1.807, 2.05) is 42.8 Å². The molecule has 2 N–H and O–H groups in total. The Balaban J connectivity index is 1.75. The van der Waals surface area contributed by atoms with Crippen molar-refractivity contribution in [1.29, 1.82) is 0 Å². The van der Waals surface area contributed by atoms with Crippen molar-refractivity contribution in [3.8, 4) is 5.75 Å². The predicted octanol–water partition coefficient (Wildman–Crippen LogP) is 5.06. The van der Waals surface area contributed by atoms with E-state index < -0.39 is 0 Å². The van der Waals surface area contributed by atoms with Gasteiger partial charge in [-0.05, 0) is 63.2 Å². The zero-order valence-electron chi connectivity index (χ0n) is 16.7. The molecule has 146 valence electrons. The Morgan fingerprint density at radius 1 is 1.04 bits per heavy atom. The third-order valence-electron chi connectivity index (χ3n) is 4.64. The molecule has 0 spiro atoms. The fourth-order valence-electron chi connectivity index (χ4n) is 3.10. The van der Waals surface area contributed by atoms with Gasteiger partial charge in [-0.1, -0.05) is 36.4 Å². The van der Waals surface area contributed by atoms with Crippen molar-refractivity contribution >= 4 is 28.7 Å². The molecule has 0 unspecified atom stereocenters. The van der Waals surface area contributed by atoms with E-state index in [0.717, 1.165) is 35.1 Å². The maximum absolute atomic E-state index is 5.65. The second-order valence-electron chi connectivity index (χ2n) is 6.64. The van der Waals surface area contributed by atoms with Crippen LogP contribution in [0.1, 0.15) is 29.4 Å². The molecule has 0 atom stereocenters. The molecule has 0 aliphatic heterocycles. The number of ether oxygens (including phenoxy) is 1. The molecule has 0 bridgehead atoms. The van der Waals surface area contributed by atoms with Gasteiger partial charge in [0.05, 0.1) is 35.9 Å². The van der Waals surface area contributed by atoms with Crippen molar-refractivity contribution in [2.24, 2.45) is 0 Å². The van der Waals surface area contributed by atoms with Gasteiger partial charge in [0.2, 0.25) is 0 Å². The first-order chi connectivity index (χ1) is 13.5. The van der Waals surface area contributed by atoms with Gasteiger partial charge in [-0.3, -0.25) is 4.68 Å². The number of para-hydroxylation sites is 2. The predicted molar refractivity (Wildman–Crippen MR) is 119 cm³/mol. The van der Waals surface area contributed by atoms with E-state index in [1.54, 1.807) is 0 Å². The van der Waals surface area contributed by atoms with Crippen LogP contribution >= 0.6 is 12.2 Å². The number of rotatable bonds is 6. The Kier molecular flexibility index (Phi) is 6.31. The van der Waals surface area contributed by atoms with Crippen molar-refractivity contribution in [2.75, 3.05) is 17.2 Å². The number of nitrogens with zero attached hydrogens (tertiary/aromatic N) is 2. The van der Waals surface area contributed by atoms with Crippen LogP contribution in [0.2, 0.25) is 0 Å². The average Bonchev–Trinajstić information content (AvgIpc) is 2.93. The summed E-state index contributed by atoms with van der Waals surface area (Å²) in [5, 5.41) is 11.7. The number of aromatic nitrogens is 2. The molecule has 3 rings (SSSR count). The fraction of sp³-hybridized carbons (Fsp3) is 0.273. The second-order valence-corrected chi connectivity index (χ2v) is 7.05. The summed E-state index contributed by atoms with van der Waals surface area (Å²) in [4.78, 5) is 0. The number of nitrogens with one attached hydrogen (secondary N) is 2. The SMILES string of the molecule is CCOc1ccccc1NC(=S)Nc1c(C)nn(Cc2ccccc2C)c1C. The summed E-state index contributed by atoms with van der Waals surface area (Å²) < 4.78 is 7.66. The minimum absolute atomic E-state index is 0.508. The average molecular weight is 395 g/mol. The molecule has 0 aliphatic carbocycles. The van der Waals surface area contributed by atoms with Crippen LogP contribution in [-0.4, -0.2) is 21.5 Å². The largest absolute Gasteiger partial charge is 0.492 e. The van der Waals surface area contributed by atoms with Gasteiger partial charge in [0.1, 0.15) is 5.75 Å². The molecule has 6 heteroatoms. The molecular formula is C22H26N4OS. The van der Waals surface area contributed by atoms with Gasteiger partial charge < -0.3 is 15.4 Å². The van der Waals surface area contributed by atoms with Crippen LogP contribution in [0.3, 0.4) is 0 Å². The summed E-state index contributed by atoms with van der Waals surface area (Å²) in [5.74, 6) is 0.776. The van der Waals surface area contributed by atoms with E-state index in [-0.39, 0.29) is 0 Å². The summed E-state index contributed by atoms with van der Waals surface area (Å²) in [6.07, 6.45) is 0. The lowest BCUT2D eigenvalue weighted by Crippen LogP contribution is -2.20. The Labute approximate surface area is 171 Å². The Morgan fingerprint density at radius 3 is 2.50 bits per heavy atom. The number of aryl methyl sites for hydroxylation is 2. The van der Waals surface area contributed by atoms with Crippen molar-refractivity contribution in [1.82, 2.24) is 9.78 Å². The first-order valence-electron chi connectivity index (χ1n) is 9.38. The van der Waals surface area contributed by atoms with E-state index in [1.165, 1.54) is 11.1 Å². The molecule has 0 amide bonds. The number of thiocarbonyl (C=S) groups is 1. The highest BCUT2D eigenvalue weighted by Gasteiger charge is 2.14. The quantitative estimate of drug-likeness (QED) is 0.572. The third kappa shape index (κ3) is 4.51. The molecule has 2 aromatic carbocycles. The lowest BCUT2D eigenvalue weighted by molar-refractivity contribution is 0.342. The Hall–Kier alpha value is -2.86. The molecule has 28 heavy (non-hydrogen) atoms. The van der Waals surface area contributed by atoms with E-state index in [2.05, 4.69) is 48.7 Å². The Bertz CT molecular complexity index is 980. The molecule has 0 aliphatic rings. The van der Waals surface area contributed by atoms with Gasteiger partial charge in [-0.25, -0.2) is 0 Å². The lowest BCUT2D eigenvalue weighted by Gasteiger charge is -2.14. The molecule has 1 aromatic heterocycles. The highest BCUT2D eigenvalue weighted by atomic mass is 32.1. The number of hydrogen-bond donors (Lipinski definition) is 2. The van der Waals surface area contributed by atoms with Crippen LogP contribution in [0.15, 0.2) is 48.5 Å². The number of hydrogen-bond acceptors (Lipinski definition) is 3. The topological polar surface area (TPSA) is 51.1 Å². The molecular weight excluding hydrogens is 368 g/mol. The van der Waals surface area contributed by atoms with E-state index in [9.17, 15) is 0 Å². The van der Waals surface area contributed by atoms with Crippen LogP contribution in [0.25, 0.3) is 0 Å². The first kappa shape index (κ1) is 19.9. The van der Waals surface area contributed by atoms with Gasteiger partial charge in [0.25, 0.3) is 0 Å². The molecule has 0 saturated carbocycles. The second kappa shape index (κ2) is 8.89. The van der Waals surface area contributed by atoms with Gasteiger partial charge in [0, 0.05) is 0 Å². The smallest absolute Gasteiger partial charge is 0.175 e. The summed E-state index contributed by atoms with van der Waals surface area (Å²) in [6, 6.07) is 16.1. The van der Waals surface area contributed by atoms with Gasteiger partial charge in [-0.15, -0.1) is 0 Å². The Morgan fingerprint density at radius 2 is 1.75 bits per heavy atom. The van der Waals surface area contributed by atoms with E-state index in [4.69, 9.17) is 22.1 Å². The van der Waals surface area contributed by atoms with Crippen molar-refractivity contribution in [3.05, 3.63) is 71.0 Å². The molecule has 0 radical (unpaired) electrons. The number of benzene rings is 2. The van der Waals surface area contributed by atoms with Gasteiger partial charge in [-0.2, -0.15) is 5.10 Å². The minimum Gasteiger partial charge on any atom is -0.492 e. The zero-order valence-corrected chi connectivity index (χ0v) is 17.6. The third-order valence-corrected chi connectivity index (χ3v) is 4.84. The summed E-state index contributed by atoms with van der Waals surface area (Å²) in [6.45, 7) is 9.45. The van der Waals surface area contributed by atoms with E-state index in [0.29, 0.717) is 11.7 Å². The van der Waals surface area contributed by atoms with Gasteiger partial charge in [0.15, 0.2) is 5.11 Å². The van der Waals surface area contributed by atoms with Crippen molar-refractivity contribution in [2.45, 2.75) is 34.2 Å². The minimum atomic E-state index is 0.508. The van der Waals surface area contributed by atoms with Gasteiger partial charge >= 0.3 is 0 Å². The fourth-order valence-corrected chi connectivity index (χ4v) is 3.31. The monoisotopic (exact) mass is 394 g/mol. The normalized spacial score (nSPS) is 10.6. The number of anilines is 2. The zero-order chi connectivity index (χ0) is 20.1. The van der Waals surface area contributed by atoms with Crippen molar-refractivity contribution in [3.63, 3.8) is 0 Å². The first-order valence-corrected chi connectivity index (χ1v) is 9.78. The van der Waals surface area contributed by atoms with Crippen LogP contribution in [-0.2, 0) is 6.54 Å². The molecule has 0 fully saturated rings. The summed E-state index contributed by atoms with van der Waals surface area (Å²) in [5.41, 5.74) is 6.24. The maximum atomic E-state index is 5.65. The van der Waals surface area contributed by atoms with Crippen LogP contribution in [0.4, 0.5) is 11.4 Å². The van der Waals surface area contributed by atoms with Crippen LogP contribution in [0, 0.1) is 20.8 Å². The van der Waals surface area contributed by atoms with Crippen LogP contribution in [0.5, 0.6) is 5.75 Å². The lowest BCUT2D eigenvalue weighted by atomic mass is 10.1. The summed E-state index contributed by atoms with van der Waals surface area (Å²) >= 11 is 5.53.